The molecule has 7 heteroatoms. The molecule has 0 saturated heterocycles. The third kappa shape index (κ3) is 18.8. The predicted octanol–water partition coefficient (Wildman–Crippen LogP) is -4.52. The van der Waals surface area contributed by atoms with Gasteiger partial charge in [-0.2, -0.15) is 0 Å². The summed E-state index contributed by atoms with van der Waals surface area (Å²) in [4.78, 5) is 0. The first kappa shape index (κ1) is 36.2. The molecule has 1 aliphatic rings. The maximum Gasteiger partial charge on any atom is 4.00 e. The van der Waals surface area contributed by atoms with Gasteiger partial charge in [0, 0.05) is 6.04 Å². The molecule has 0 spiro atoms. The van der Waals surface area contributed by atoms with E-state index >= 15 is 0 Å². The summed E-state index contributed by atoms with van der Waals surface area (Å²) in [5.41, 5.74) is 5.73. The topological polar surface area (TPSA) is 121 Å². The molecule has 0 aliphatic heterocycles. The van der Waals surface area contributed by atoms with E-state index in [2.05, 4.69) is 0 Å². The van der Waals surface area contributed by atoms with Crippen molar-refractivity contribution in [1.29, 1.82) is 0 Å². The van der Waals surface area contributed by atoms with Gasteiger partial charge in [0.15, 0.2) is 0 Å². The van der Waals surface area contributed by atoms with Crippen molar-refractivity contribution in [3.63, 3.8) is 0 Å². The van der Waals surface area contributed by atoms with Crippen molar-refractivity contribution in [3.8, 4) is 0 Å². The summed E-state index contributed by atoms with van der Waals surface area (Å²) in [6.07, 6.45) is 8.07. The van der Waals surface area contributed by atoms with E-state index in [-0.39, 0.29) is 63.0 Å². The maximum absolute atomic E-state index is 5.73. The van der Waals surface area contributed by atoms with E-state index < -0.39 is 0 Å². The van der Waals surface area contributed by atoms with Crippen LogP contribution in [0.4, 0.5) is 0 Å². The molecule has 14 heavy (non-hydrogen) atoms. The molecule has 0 aromatic heterocycles. The molecule has 0 radical (unpaired) electrons. The Morgan fingerprint density at radius 2 is 1.07 bits per heavy atom. The van der Waals surface area contributed by atoms with Gasteiger partial charge in [-0.05, 0) is 12.8 Å². The fraction of sp³-hybridized carbons (Fsp3) is 1.00. The van der Waals surface area contributed by atoms with Crippen LogP contribution in [0.5, 0.6) is 0 Å². The zero-order valence-corrected chi connectivity index (χ0v) is 11.9. The Hall–Kier alpha value is 1.11. The van der Waals surface area contributed by atoms with Crippen molar-refractivity contribution in [2.24, 2.45) is 5.73 Å². The van der Waals surface area contributed by atoms with Crippen molar-refractivity contribution in [3.05, 3.63) is 0 Å². The molecule has 1 rings (SSSR count). The average Bonchev–Trinajstić information content (AvgIpc) is 1.94. The minimum absolute atomic E-state index is 0. The molecule has 1 fully saturated rings. The van der Waals surface area contributed by atoms with E-state index in [1.54, 1.807) is 0 Å². The SMILES string of the molecule is N.NC1CCCCCC1.[Cl-].[Cl-].[OH-].[OH-].[Pt+4]. The normalized spacial score (nSPS) is 14.4. The van der Waals surface area contributed by atoms with Crippen molar-refractivity contribution >= 4 is 0 Å². The molecule has 94 valence electrons. The Bertz CT molecular complexity index is 76.7. The summed E-state index contributed by atoms with van der Waals surface area (Å²) in [6, 6.07) is 0.525. The van der Waals surface area contributed by atoms with Crippen LogP contribution < -0.4 is 36.7 Å². The van der Waals surface area contributed by atoms with E-state index in [0.29, 0.717) is 6.04 Å². The maximum atomic E-state index is 5.73. The van der Waals surface area contributed by atoms with Crippen molar-refractivity contribution in [2.75, 3.05) is 0 Å². The van der Waals surface area contributed by atoms with E-state index in [1.807, 2.05) is 0 Å². The fourth-order valence-corrected chi connectivity index (χ4v) is 1.31. The Labute approximate surface area is 113 Å². The summed E-state index contributed by atoms with van der Waals surface area (Å²) in [7, 11) is 0. The summed E-state index contributed by atoms with van der Waals surface area (Å²) in [5.74, 6) is 0. The Balaban J connectivity index is -0.0000000267. The minimum Gasteiger partial charge on any atom is -1.00 e. The van der Waals surface area contributed by atoms with Crippen LogP contribution in [0.15, 0.2) is 0 Å². The third-order valence-corrected chi connectivity index (χ3v) is 1.90. The van der Waals surface area contributed by atoms with Gasteiger partial charge in [0.1, 0.15) is 0 Å². The van der Waals surface area contributed by atoms with E-state index in [9.17, 15) is 0 Å². The molecule has 0 atom stereocenters. The van der Waals surface area contributed by atoms with Crippen molar-refractivity contribution < 1.29 is 56.8 Å². The zero-order chi connectivity index (χ0) is 5.82. The van der Waals surface area contributed by atoms with Gasteiger partial charge in [0.05, 0.1) is 0 Å². The van der Waals surface area contributed by atoms with Gasteiger partial charge in [-0.15, -0.1) is 0 Å². The molecule has 0 bridgehead atoms. The second kappa shape index (κ2) is 23.7. The van der Waals surface area contributed by atoms with Crippen molar-refractivity contribution in [1.82, 2.24) is 6.15 Å². The number of hydrogen-bond donors (Lipinski definition) is 2. The number of hydrogen-bond acceptors (Lipinski definition) is 4. The van der Waals surface area contributed by atoms with Crippen LogP contribution in [0.3, 0.4) is 0 Å². The molecule has 1 aliphatic carbocycles. The second-order valence-electron chi connectivity index (χ2n) is 2.75. The largest absolute Gasteiger partial charge is 4.00 e. The molecule has 0 unspecified atom stereocenters. The summed E-state index contributed by atoms with van der Waals surface area (Å²) in [5, 5.41) is 0. The van der Waals surface area contributed by atoms with Gasteiger partial charge >= 0.3 is 21.1 Å². The van der Waals surface area contributed by atoms with Crippen LogP contribution in [-0.4, -0.2) is 17.0 Å². The standard InChI is InChI=1S/C7H15N.2ClH.H3N.2H2O.Pt/c8-7-5-3-1-2-4-6-7;;;;;;/h7H,1-6,8H2;2*1H;1H3;2*1H2;/q;;;;;;+4/p-4. The predicted molar refractivity (Wildman–Crippen MR) is 44.6 cm³/mol. The first-order chi connectivity index (χ1) is 3.89. The molecule has 0 aromatic carbocycles. The van der Waals surface area contributed by atoms with Crippen LogP contribution >= 0.6 is 0 Å². The molecular weight excluding hydrogens is 410 g/mol. The van der Waals surface area contributed by atoms with Gasteiger partial charge in [0.25, 0.3) is 0 Å². The third-order valence-electron chi connectivity index (χ3n) is 1.90. The van der Waals surface area contributed by atoms with Crippen LogP contribution in [0, 0.1) is 0 Å². The summed E-state index contributed by atoms with van der Waals surface area (Å²) < 4.78 is 0. The number of nitrogens with two attached hydrogens (primary N) is 1. The zero-order valence-electron chi connectivity index (χ0n) is 8.07. The Kier molecular flexibility index (Phi) is 61.4. The quantitative estimate of drug-likeness (QED) is 0.377. The first-order valence-corrected chi connectivity index (χ1v) is 3.65. The van der Waals surface area contributed by atoms with Gasteiger partial charge in [-0.3, -0.25) is 0 Å². The monoisotopic (exact) mass is 429 g/mol. The first-order valence-electron chi connectivity index (χ1n) is 3.65. The van der Waals surface area contributed by atoms with Crippen LogP contribution in [0.2, 0.25) is 0 Å². The van der Waals surface area contributed by atoms with Crippen molar-refractivity contribution in [2.45, 2.75) is 44.6 Å². The number of rotatable bonds is 0. The minimum atomic E-state index is 0. The Morgan fingerprint density at radius 3 is 1.36 bits per heavy atom. The molecule has 4 nitrogen and oxygen atoms in total. The molecule has 0 aromatic rings. The van der Waals surface area contributed by atoms with Gasteiger partial charge in [0.2, 0.25) is 0 Å². The van der Waals surface area contributed by atoms with E-state index in [1.165, 1.54) is 38.5 Å². The molecule has 0 amide bonds. The van der Waals surface area contributed by atoms with Crippen LogP contribution in [0.1, 0.15) is 38.5 Å². The number of halogens is 2. The van der Waals surface area contributed by atoms with E-state index in [4.69, 9.17) is 5.73 Å². The van der Waals surface area contributed by atoms with Gasteiger partial charge in [-0.1, -0.05) is 25.7 Å². The fourth-order valence-electron chi connectivity index (χ4n) is 1.31. The average molecular weight is 430 g/mol. The van der Waals surface area contributed by atoms with Crippen LogP contribution in [-0.2, 0) is 21.1 Å². The second-order valence-corrected chi connectivity index (χ2v) is 2.75. The van der Waals surface area contributed by atoms with Gasteiger partial charge < -0.3 is 47.7 Å². The van der Waals surface area contributed by atoms with E-state index in [0.717, 1.165) is 0 Å². The summed E-state index contributed by atoms with van der Waals surface area (Å²) in [6.45, 7) is 0. The Morgan fingerprint density at radius 1 is 0.786 bits per heavy atom. The molecule has 0 heterocycles. The molecule has 1 saturated carbocycles. The summed E-state index contributed by atoms with van der Waals surface area (Å²) >= 11 is 0. The van der Waals surface area contributed by atoms with Gasteiger partial charge in [-0.25, -0.2) is 0 Å². The molecule has 7 N–H and O–H groups in total. The smallest absolute Gasteiger partial charge is 1.00 e. The molecular formula is C7H20Cl2N2O2Pt. The van der Waals surface area contributed by atoms with Crippen LogP contribution in [0.25, 0.3) is 0 Å².